The van der Waals surface area contributed by atoms with Crippen LogP contribution in [-0.2, 0) is 19.1 Å². The molecule has 6 atom stereocenters. The summed E-state index contributed by atoms with van der Waals surface area (Å²) in [5.41, 5.74) is 13.3. The van der Waals surface area contributed by atoms with E-state index in [4.69, 9.17) is 21.9 Å². The molecular weight excluding hydrogens is 588 g/mol. The Labute approximate surface area is 278 Å². The van der Waals surface area contributed by atoms with Crippen molar-refractivity contribution in [2.24, 2.45) is 17.2 Å². The summed E-state index contributed by atoms with van der Waals surface area (Å²) >= 11 is 0. The summed E-state index contributed by atoms with van der Waals surface area (Å²) < 4.78 is 6.10. The van der Waals surface area contributed by atoms with Crippen LogP contribution in [0.3, 0.4) is 0 Å². The van der Waals surface area contributed by atoms with Crippen LogP contribution in [0.15, 0.2) is 0 Å². The maximum absolute atomic E-state index is 14.1. The number of carbonyl (C=O) groups excluding carboxylic acids is 3. The van der Waals surface area contributed by atoms with Gasteiger partial charge in [0.25, 0.3) is 0 Å². The molecule has 11 heteroatoms. The van der Waals surface area contributed by atoms with Gasteiger partial charge in [-0.05, 0) is 19.8 Å². The molecule has 270 valence electrons. The monoisotopic (exact) mass is 657 g/mol. The molecule has 0 spiro atoms. The third-order valence-corrected chi connectivity index (χ3v) is 9.54. The highest BCUT2D eigenvalue weighted by atomic mass is 16.6. The fourth-order valence-electron chi connectivity index (χ4n) is 6.65. The number of ketones is 2. The molecule has 1 aliphatic heterocycles. The summed E-state index contributed by atoms with van der Waals surface area (Å²) in [4.78, 5) is 42.9. The largest absolute Gasteiger partial charge is 0.394 e. The third-order valence-electron chi connectivity index (χ3n) is 9.54. The number of ether oxygens (including phenoxy) is 1. The molecule has 0 radical (unpaired) electrons. The molecule has 11 nitrogen and oxygen atoms in total. The van der Waals surface area contributed by atoms with E-state index in [-0.39, 0.29) is 13.0 Å². The van der Waals surface area contributed by atoms with E-state index in [0.717, 1.165) is 51.4 Å². The summed E-state index contributed by atoms with van der Waals surface area (Å²) in [7, 11) is 0. The number of carbonyl (C=O) groups is 3. The molecule has 1 rings (SSSR count). The first-order chi connectivity index (χ1) is 22.0. The van der Waals surface area contributed by atoms with Crippen molar-refractivity contribution in [3.63, 3.8) is 0 Å². The Morgan fingerprint density at radius 3 is 1.63 bits per heavy atom. The molecule has 0 aromatic rings. The van der Waals surface area contributed by atoms with Crippen molar-refractivity contribution >= 4 is 17.5 Å². The molecule has 1 amide bonds. The van der Waals surface area contributed by atoms with Gasteiger partial charge < -0.3 is 42.2 Å². The van der Waals surface area contributed by atoms with Gasteiger partial charge in [-0.15, -0.1) is 0 Å². The zero-order valence-electron chi connectivity index (χ0n) is 29.2. The zero-order chi connectivity index (χ0) is 34.6. The van der Waals surface area contributed by atoms with Crippen molar-refractivity contribution in [3.05, 3.63) is 0 Å². The first-order valence-electron chi connectivity index (χ1n) is 18.3. The Bertz CT molecular complexity index is 876. The van der Waals surface area contributed by atoms with Gasteiger partial charge >= 0.3 is 0 Å². The number of nitrogens with zero attached hydrogens (tertiary/aromatic N) is 1. The topological polar surface area (TPSA) is 202 Å². The Hall–Kier alpha value is -1.47. The van der Waals surface area contributed by atoms with Crippen LogP contribution in [0.2, 0.25) is 0 Å². The van der Waals surface area contributed by atoms with Gasteiger partial charge in [-0.1, -0.05) is 123 Å². The molecule has 0 unspecified atom stereocenters. The minimum Gasteiger partial charge on any atom is -0.394 e. The Balaban J connectivity index is 3.26. The van der Waals surface area contributed by atoms with Crippen LogP contribution >= 0.6 is 0 Å². The quantitative estimate of drug-likeness (QED) is 0.0709. The molecular formula is C35H68N4O7. The van der Waals surface area contributed by atoms with Crippen LogP contribution in [0, 0.1) is 0 Å². The lowest BCUT2D eigenvalue weighted by Crippen LogP contribution is -2.88. The lowest BCUT2D eigenvalue weighted by Gasteiger charge is -2.58. The van der Waals surface area contributed by atoms with E-state index in [0.29, 0.717) is 12.8 Å². The molecule has 1 heterocycles. The highest BCUT2D eigenvalue weighted by Gasteiger charge is 2.72. The summed E-state index contributed by atoms with van der Waals surface area (Å²) in [5.74, 6) is -2.32. The van der Waals surface area contributed by atoms with Crippen molar-refractivity contribution in [3.8, 4) is 0 Å². The number of rotatable bonds is 27. The Morgan fingerprint density at radius 2 is 1.22 bits per heavy atom. The second-order valence-corrected chi connectivity index (χ2v) is 13.4. The zero-order valence-corrected chi connectivity index (χ0v) is 29.2. The second-order valence-electron chi connectivity index (χ2n) is 13.4. The van der Waals surface area contributed by atoms with Crippen molar-refractivity contribution < 1.29 is 34.4 Å². The number of nitrogens with two attached hydrogens (primary N) is 3. The number of hydrogen-bond acceptors (Lipinski definition) is 10. The van der Waals surface area contributed by atoms with E-state index in [2.05, 4.69) is 13.8 Å². The van der Waals surface area contributed by atoms with E-state index < -0.39 is 66.2 Å². The van der Waals surface area contributed by atoms with Crippen molar-refractivity contribution in [1.29, 1.82) is 0 Å². The molecule has 46 heavy (non-hydrogen) atoms. The number of amides is 1. The van der Waals surface area contributed by atoms with Crippen LogP contribution in [0.5, 0.6) is 0 Å². The minimum atomic E-state index is -2.62. The molecule has 0 aromatic carbocycles. The fraction of sp³-hybridized carbons (Fsp3) is 0.914. The standard InChI is InChI=1S/C35H68N4O7/c1-4-6-8-10-12-14-16-18-20-22-24-39(30(42)23-21-19-17-15-13-11-9-7-5-2)35(32(44)27(3)37)34(38,29(41)25-36)33(45)31(43)28(26-40)46-35/h27-28,31,33,40,43,45H,4-26,36-38H2,1-3H3/t27-,28+,31+,33-,34+,35+/m0/s1. The molecule has 1 saturated heterocycles. The first kappa shape index (κ1) is 42.6. The normalized spacial score (nSPS) is 25.4. The Morgan fingerprint density at radius 1 is 0.783 bits per heavy atom. The van der Waals surface area contributed by atoms with Crippen LogP contribution in [0.1, 0.15) is 149 Å². The average molecular weight is 657 g/mol. The number of Topliss-reactive ketones (excluding diaryl/α,β-unsaturated/α-hetero) is 2. The molecule has 1 aliphatic rings. The fourth-order valence-corrected chi connectivity index (χ4v) is 6.65. The Kier molecular flexibility index (Phi) is 21.3. The highest BCUT2D eigenvalue weighted by Crippen LogP contribution is 2.42. The molecule has 0 aliphatic carbocycles. The number of unbranched alkanes of at least 4 members (excludes halogenated alkanes) is 17. The molecule has 1 fully saturated rings. The summed E-state index contributed by atoms with van der Waals surface area (Å²) in [6.07, 6.45) is 14.6. The predicted molar refractivity (Wildman–Crippen MR) is 182 cm³/mol. The second kappa shape index (κ2) is 23.0. The lowest BCUT2D eigenvalue weighted by molar-refractivity contribution is -0.287. The van der Waals surface area contributed by atoms with Crippen LogP contribution < -0.4 is 17.2 Å². The number of aliphatic hydroxyl groups excluding tert-OH is 3. The van der Waals surface area contributed by atoms with Crippen molar-refractivity contribution in [2.75, 3.05) is 19.7 Å². The number of aliphatic hydroxyl groups is 3. The van der Waals surface area contributed by atoms with Gasteiger partial charge in [-0.25, -0.2) is 0 Å². The van der Waals surface area contributed by atoms with E-state index in [1.165, 1.54) is 69.6 Å². The highest BCUT2D eigenvalue weighted by molar-refractivity contribution is 6.05. The predicted octanol–water partition coefficient (Wildman–Crippen LogP) is 3.61. The van der Waals surface area contributed by atoms with Crippen LogP contribution in [0.4, 0.5) is 0 Å². The first-order valence-corrected chi connectivity index (χ1v) is 18.3. The third kappa shape index (κ3) is 11.6. The van der Waals surface area contributed by atoms with Crippen molar-refractivity contribution in [2.45, 2.75) is 185 Å². The summed E-state index contributed by atoms with van der Waals surface area (Å²) in [6.45, 7) is 4.31. The van der Waals surface area contributed by atoms with Gasteiger partial charge in [-0.3, -0.25) is 14.4 Å². The van der Waals surface area contributed by atoms with Crippen molar-refractivity contribution in [1.82, 2.24) is 4.90 Å². The smallest absolute Gasteiger partial charge is 0.233 e. The molecule has 0 aromatic heterocycles. The molecule has 0 bridgehead atoms. The SMILES string of the molecule is CCCCCCCCCCCCN(C(=O)CCCCCCCCCCC)[C@]1(C(=O)[C@H](C)N)O[C@H](CO)[C@@H](O)[C@H](O)[C@]1(N)C(=O)CN. The molecule has 9 N–H and O–H groups in total. The molecule has 0 saturated carbocycles. The minimum absolute atomic E-state index is 0.0169. The van der Waals surface area contributed by atoms with Crippen LogP contribution in [-0.4, -0.2) is 93.0 Å². The van der Waals surface area contributed by atoms with Crippen LogP contribution in [0.25, 0.3) is 0 Å². The summed E-state index contributed by atoms with van der Waals surface area (Å²) in [6, 6.07) is -1.26. The van der Waals surface area contributed by atoms with Gasteiger partial charge in [0, 0.05) is 13.0 Å². The average Bonchev–Trinajstić information content (AvgIpc) is 3.05. The van der Waals surface area contributed by atoms with E-state index in [1.54, 1.807) is 0 Å². The van der Waals surface area contributed by atoms with E-state index in [9.17, 15) is 29.7 Å². The van der Waals surface area contributed by atoms with E-state index >= 15 is 0 Å². The lowest BCUT2D eigenvalue weighted by atomic mass is 9.69. The van der Waals surface area contributed by atoms with Gasteiger partial charge in [0.15, 0.2) is 11.3 Å². The van der Waals surface area contributed by atoms with Gasteiger partial charge in [-0.2, -0.15) is 0 Å². The summed E-state index contributed by atoms with van der Waals surface area (Å²) in [5, 5.41) is 32.2. The maximum Gasteiger partial charge on any atom is 0.233 e. The van der Waals surface area contributed by atoms with E-state index in [1.807, 2.05) is 0 Å². The maximum atomic E-state index is 14.1. The van der Waals surface area contributed by atoms with Gasteiger partial charge in [0.05, 0.1) is 19.2 Å². The van der Waals surface area contributed by atoms with Gasteiger partial charge in [0.2, 0.25) is 17.4 Å². The number of hydrogen-bond donors (Lipinski definition) is 6. The van der Waals surface area contributed by atoms with Gasteiger partial charge in [0.1, 0.15) is 18.3 Å².